The van der Waals surface area contributed by atoms with Gasteiger partial charge < -0.3 is 5.11 Å². The van der Waals surface area contributed by atoms with Gasteiger partial charge in [0, 0.05) is 4.47 Å². The predicted octanol–water partition coefficient (Wildman–Crippen LogP) is 3.20. The van der Waals surface area contributed by atoms with Crippen LogP contribution in [-0.2, 0) is 12.8 Å². The van der Waals surface area contributed by atoms with Crippen molar-refractivity contribution in [2.45, 2.75) is 12.8 Å². The van der Waals surface area contributed by atoms with Crippen LogP contribution in [0.1, 0.15) is 11.4 Å². The second-order valence-corrected chi connectivity index (χ2v) is 4.94. The minimum atomic E-state index is -4.47. The number of nitrogens with zero attached hydrogens (tertiary/aromatic N) is 2. The Hall–Kier alpha value is -1.19. The largest absolute Gasteiger partial charge is 0.416 e. The van der Waals surface area contributed by atoms with E-state index >= 15 is 0 Å². The number of alkyl halides is 3. The van der Waals surface area contributed by atoms with E-state index in [2.05, 4.69) is 26.1 Å². The van der Waals surface area contributed by atoms with Gasteiger partial charge in [-0.2, -0.15) is 18.3 Å². The molecule has 1 heterocycles. The first-order valence-corrected chi connectivity index (χ1v) is 6.18. The van der Waals surface area contributed by atoms with Crippen LogP contribution in [0.2, 0.25) is 0 Å². The van der Waals surface area contributed by atoms with Gasteiger partial charge >= 0.3 is 6.18 Å². The van der Waals surface area contributed by atoms with Crippen LogP contribution in [0.15, 0.2) is 22.7 Å². The van der Waals surface area contributed by atoms with Gasteiger partial charge in [0.05, 0.1) is 11.3 Å². The van der Waals surface area contributed by atoms with Crippen LogP contribution in [0.4, 0.5) is 13.2 Å². The fraction of sp³-hybridized carbons (Fsp3) is 0.200. The maximum absolute atomic E-state index is 12.7. The highest BCUT2D eigenvalue weighted by atomic mass is 79.9. The zero-order chi connectivity index (χ0) is 14.2. The number of H-pyrrole nitrogens is 1. The van der Waals surface area contributed by atoms with Crippen molar-refractivity contribution in [3.05, 3.63) is 38.8 Å². The van der Waals surface area contributed by atoms with E-state index in [1.807, 2.05) is 0 Å². The molecule has 102 valence electrons. The Bertz CT molecular complexity index is 665. The molecule has 0 radical (unpaired) electrons. The molecule has 0 amide bonds. The highest BCUT2D eigenvalue weighted by Crippen LogP contribution is 2.33. The van der Waals surface area contributed by atoms with Gasteiger partial charge in [-0.15, -0.1) is 0 Å². The van der Waals surface area contributed by atoms with E-state index < -0.39 is 18.3 Å². The van der Waals surface area contributed by atoms with Crippen molar-refractivity contribution >= 4 is 28.1 Å². The molecule has 9 heteroatoms. The van der Waals surface area contributed by atoms with E-state index in [0.29, 0.717) is 0 Å². The minimum absolute atomic E-state index is 0.107. The van der Waals surface area contributed by atoms with Gasteiger partial charge in [-0.25, -0.2) is 0 Å². The van der Waals surface area contributed by atoms with Crippen LogP contribution in [0.25, 0.3) is 5.69 Å². The number of aromatic nitrogens is 3. The second kappa shape index (κ2) is 5.06. The molecule has 2 rings (SSSR count). The van der Waals surface area contributed by atoms with Gasteiger partial charge in [-0.1, -0.05) is 15.9 Å². The van der Waals surface area contributed by atoms with Crippen molar-refractivity contribution < 1.29 is 18.3 Å². The van der Waals surface area contributed by atoms with Gasteiger partial charge in [0.1, 0.15) is 6.61 Å². The molecule has 19 heavy (non-hydrogen) atoms. The summed E-state index contributed by atoms with van der Waals surface area (Å²) in [6, 6.07) is 3.36. The number of rotatable bonds is 2. The lowest BCUT2D eigenvalue weighted by Crippen LogP contribution is -2.08. The van der Waals surface area contributed by atoms with Gasteiger partial charge in [0.25, 0.3) is 0 Å². The highest BCUT2D eigenvalue weighted by Gasteiger charge is 2.31. The number of hydrogen-bond acceptors (Lipinski definition) is 3. The normalized spacial score (nSPS) is 11.8. The first kappa shape index (κ1) is 14.2. The van der Waals surface area contributed by atoms with Crippen molar-refractivity contribution in [3.63, 3.8) is 0 Å². The van der Waals surface area contributed by atoms with Crippen molar-refractivity contribution in [1.82, 2.24) is 14.8 Å². The summed E-state index contributed by atoms with van der Waals surface area (Å²) in [4.78, 5) is 0. The smallest absolute Gasteiger partial charge is 0.388 e. The highest BCUT2D eigenvalue weighted by molar-refractivity contribution is 9.10. The number of benzene rings is 1. The van der Waals surface area contributed by atoms with E-state index in [9.17, 15) is 13.2 Å². The maximum Gasteiger partial charge on any atom is 0.416 e. The summed E-state index contributed by atoms with van der Waals surface area (Å²) in [7, 11) is 0. The van der Waals surface area contributed by atoms with Crippen LogP contribution in [-0.4, -0.2) is 19.9 Å². The SMILES string of the molecule is OCc1n[nH]c(=S)n1-c1cc(Br)cc(C(F)(F)F)c1. The summed E-state index contributed by atoms with van der Waals surface area (Å²) in [5, 5.41) is 15.3. The van der Waals surface area contributed by atoms with Gasteiger partial charge in [-0.3, -0.25) is 9.67 Å². The third-order valence-electron chi connectivity index (χ3n) is 2.35. The molecule has 0 bridgehead atoms. The Labute approximate surface area is 119 Å². The molecule has 0 aliphatic heterocycles. The molecule has 0 aliphatic carbocycles. The number of nitrogens with one attached hydrogen (secondary N) is 1. The van der Waals surface area contributed by atoms with Crippen molar-refractivity contribution in [3.8, 4) is 5.69 Å². The van der Waals surface area contributed by atoms with Crippen molar-refractivity contribution in [2.24, 2.45) is 0 Å². The van der Waals surface area contributed by atoms with Crippen LogP contribution in [0, 0.1) is 4.77 Å². The van der Waals surface area contributed by atoms with E-state index in [-0.39, 0.29) is 20.8 Å². The van der Waals surface area contributed by atoms with E-state index in [1.165, 1.54) is 10.6 Å². The Morgan fingerprint density at radius 3 is 2.63 bits per heavy atom. The predicted molar refractivity (Wildman–Crippen MR) is 67.4 cm³/mol. The summed E-state index contributed by atoms with van der Waals surface area (Å²) < 4.78 is 39.8. The zero-order valence-corrected chi connectivity index (χ0v) is 11.6. The van der Waals surface area contributed by atoms with E-state index in [4.69, 9.17) is 17.3 Å². The molecule has 2 N–H and O–H groups in total. The minimum Gasteiger partial charge on any atom is -0.388 e. The Kier molecular flexibility index (Phi) is 3.79. The molecule has 4 nitrogen and oxygen atoms in total. The molecular formula is C10H7BrF3N3OS. The van der Waals surface area contributed by atoms with Gasteiger partial charge in [0.2, 0.25) is 0 Å². The Morgan fingerprint density at radius 1 is 1.37 bits per heavy atom. The van der Waals surface area contributed by atoms with Crippen molar-refractivity contribution in [2.75, 3.05) is 0 Å². The monoisotopic (exact) mass is 353 g/mol. The molecule has 0 aliphatic rings. The average Bonchev–Trinajstić information content (AvgIpc) is 2.68. The van der Waals surface area contributed by atoms with Crippen LogP contribution < -0.4 is 0 Å². The molecule has 0 unspecified atom stereocenters. The molecular weight excluding hydrogens is 347 g/mol. The third-order valence-corrected chi connectivity index (χ3v) is 3.08. The Morgan fingerprint density at radius 2 is 2.05 bits per heavy atom. The molecule has 0 saturated carbocycles. The van der Waals surface area contributed by atoms with Gasteiger partial charge in [-0.05, 0) is 30.4 Å². The maximum atomic E-state index is 12.7. The number of hydrogen-bond donors (Lipinski definition) is 2. The molecule has 0 atom stereocenters. The summed E-state index contributed by atoms with van der Waals surface area (Å²) >= 11 is 7.96. The van der Waals surface area contributed by atoms with Crippen LogP contribution >= 0.6 is 28.1 Å². The fourth-order valence-electron chi connectivity index (χ4n) is 1.57. The lowest BCUT2D eigenvalue weighted by molar-refractivity contribution is -0.137. The molecule has 1 aromatic heterocycles. The standard InChI is InChI=1S/C10H7BrF3N3OS/c11-6-1-5(10(12,13)14)2-7(3-6)17-8(4-18)15-16-9(17)19/h1-3,18H,4H2,(H,16,19). The number of halogens is 4. The topological polar surface area (TPSA) is 53.8 Å². The van der Waals surface area contributed by atoms with E-state index in [1.54, 1.807) is 0 Å². The molecule has 2 aromatic rings. The number of aliphatic hydroxyl groups excluding tert-OH is 1. The number of aliphatic hydroxyl groups is 1. The fourth-order valence-corrected chi connectivity index (χ4v) is 2.31. The molecule has 0 saturated heterocycles. The third kappa shape index (κ3) is 2.88. The molecule has 0 spiro atoms. The summed E-state index contributed by atoms with van der Waals surface area (Å²) in [5.41, 5.74) is -0.645. The molecule has 1 aromatic carbocycles. The average molecular weight is 354 g/mol. The van der Waals surface area contributed by atoms with Crippen molar-refractivity contribution in [1.29, 1.82) is 0 Å². The second-order valence-electron chi connectivity index (χ2n) is 3.63. The lowest BCUT2D eigenvalue weighted by atomic mass is 10.2. The Balaban J connectivity index is 2.66. The van der Waals surface area contributed by atoms with E-state index in [0.717, 1.165) is 12.1 Å². The zero-order valence-electron chi connectivity index (χ0n) is 9.20. The summed E-state index contributed by atoms with van der Waals surface area (Å²) in [6.07, 6.45) is -4.47. The summed E-state index contributed by atoms with van der Waals surface area (Å²) in [6.45, 7) is -0.443. The quantitative estimate of drug-likeness (QED) is 0.815. The lowest BCUT2D eigenvalue weighted by Gasteiger charge is -2.11. The van der Waals surface area contributed by atoms with Gasteiger partial charge in [0.15, 0.2) is 10.6 Å². The summed E-state index contributed by atoms with van der Waals surface area (Å²) in [5.74, 6) is 0.135. The molecule has 0 fully saturated rings. The van der Waals surface area contributed by atoms with Crippen LogP contribution in [0.3, 0.4) is 0 Å². The first-order valence-electron chi connectivity index (χ1n) is 4.98. The van der Waals surface area contributed by atoms with Crippen LogP contribution in [0.5, 0.6) is 0 Å². The first-order chi connectivity index (χ1) is 8.82. The number of aromatic amines is 1.